The number of carbonyl (C=O) groups excluding carboxylic acids is 1. The fourth-order valence-corrected chi connectivity index (χ4v) is 2.31. The number of hydrogen-bond donors (Lipinski definition) is 0. The van der Waals surface area contributed by atoms with Gasteiger partial charge in [-0.2, -0.15) is 0 Å². The van der Waals surface area contributed by atoms with Crippen LogP contribution >= 0.6 is 11.3 Å². The highest BCUT2D eigenvalue weighted by atomic mass is 32.1. The van der Waals surface area contributed by atoms with Crippen molar-refractivity contribution in [2.24, 2.45) is 0 Å². The van der Waals surface area contributed by atoms with E-state index in [4.69, 9.17) is 4.74 Å². The Balaban J connectivity index is 2.28. The number of hydrogen-bond acceptors (Lipinski definition) is 3. The van der Waals surface area contributed by atoms with Crippen LogP contribution in [0.5, 0.6) is 5.75 Å². The maximum absolute atomic E-state index is 13.4. The van der Waals surface area contributed by atoms with E-state index >= 15 is 0 Å². The molecule has 2 nitrogen and oxygen atoms in total. The van der Waals surface area contributed by atoms with E-state index < -0.39 is 5.82 Å². The number of methoxy groups -OCH3 is 1. The first-order valence-corrected chi connectivity index (χ1v) is 5.98. The number of ketones is 1. The van der Waals surface area contributed by atoms with Gasteiger partial charge in [0.1, 0.15) is 0 Å². The van der Waals surface area contributed by atoms with Gasteiger partial charge in [0.2, 0.25) is 0 Å². The second-order valence-corrected chi connectivity index (χ2v) is 4.53. The first kappa shape index (κ1) is 11.8. The number of rotatable bonds is 4. The Labute approximate surface area is 103 Å². The summed E-state index contributed by atoms with van der Waals surface area (Å²) in [5.41, 5.74) is 0.293. The minimum Gasteiger partial charge on any atom is -0.493 e. The first-order valence-electron chi connectivity index (χ1n) is 5.10. The molecule has 0 N–H and O–H groups in total. The minimum absolute atomic E-state index is 0.0223. The molecule has 1 heterocycles. The molecule has 1 aromatic carbocycles. The SMILES string of the molecule is COc1c(F)cccc1C(=O)Cc1cccs1. The van der Waals surface area contributed by atoms with E-state index in [0.717, 1.165) is 4.88 Å². The lowest BCUT2D eigenvalue weighted by Crippen LogP contribution is -2.06. The highest BCUT2D eigenvalue weighted by Crippen LogP contribution is 2.24. The molecule has 0 fully saturated rings. The largest absolute Gasteiger partial charge is 0.493 e. The predicted octanol–water partition coefficient (Wildman–Crippen LogP) is 3.32. The molecule has 0 spiro atoms. The van der Waals surface area contributed by atoms with Gasteiger partial charge in [0.25, 0.3) is 0 Å². The van der Waals surface area contributed by atoms with Crippen LogP contribution in [0.15, 0.2) is 35.7 Å². The number of benzene rings is 1. The molecule has 2 rings (SSSR count). The van der Waals surface area contributed by atoms with Crippen molar-refractivity contribution in [3.63, 3.8) is 0 Å². The van der Waals surface area contributed by atoms with Crippen LogP contribution in [0.4, 0.5) is 4.39 Å². The van der Waals surface area contributed by atoms with Crippen molar-refractivity contribution in [1.29, 1.82) is 0 Å². The Kier molecular flexibility index (Phi) is 3.54. The second-order valence-electron chi connectivity index (χ2n) is 3.50. The molecule has 0 saturated heterocycles. The van der Waals surface area contributed by atoms with Gasteiger partial charge < -0.3 is 4.74 Å². The predicted molar refractivity (Wildman–Crippen MR) is 65.3 cm³/mol. The number of para-hydroxylation sites is 1. The molecular formula is C13H11FO2S. The van der Waals surface area contributed by atoms with Gasteiger partial charge in [-0.25, -0.2) is 4.39 Å². The van der Waals surface area contributed by atoms with Crippen LogP contribution in [0.3, 0.4) is 0 Å². The van der Waals surface area contributed by atoms with Gasteiger partial charge in [0, 0.05) is 11.3 Å². The normalized spacial score (nSPS) is 10.2. The topological polar surface area (TPSA) is 26.3 Å². The van der Waals surface area contributed by atoms with Gasteiger partial charge >= 0.3 is 0 Å². The molecule has 0 saturated carbocycles. The van der Waals surface area contributed by atoms with Gasteiger partial charge in [-0.15, -0.1) is 11.3 Å². The highest BCUT2D eigenvalue weighted by Gasteiger charge is 2.16. The molecule has 0 amide bonds. The molecule has 0 aliphatic carbocycles. The smallest absolute Gasteiger partial charge is 0.171 e. The lowest BCUT2D eigenvalue weighted by atomic mass is 10.1. The van der Waals surface area contributed by atoms with Crippen LogP contribution in [-0.4, -0.2) is 12.9 Å². The molecule has 88 valence electrons. The zero-order valence-electron chi connectivity index (χ0n) is 9.27. The maximum Gasteiger partial charge on any atom is 0.171 e. The van der Waals surface area contributed by atoms with Crippen molar-refractivity contribution in [3.8, 4) is 5.75 Å². The third kappa shape index (κ3) is 2.53. The molecule has 0 aliphatic heterocycles. The standard InChI is InChI=1S/C13H11FO2S/c1-16-13-10(5-2-6-11(13)14)12(15)8-9-4-3-7-17-9/h2-7H,8H2,1H3. The lowest BCUT2D eigenvalue weighted by Gasteiger charge is -2.07. The Bertz CT molecular complexity index is 520. The van der Waals surface area contributed by atoms with Crippen molar-refractivity contribution in [1.82, 2.24) is 0 Å². The molecule has 17 heavy (non-hydrogen) atoms. The van der Waals surface area contributed by atoms with Gasteiger partial charge in [0.15, 0.2) is 17.3 Å². The fraction of sp³-hybridized carbons (Fsp3) is 0.154. The van der Waals surface area contributed by atoms with Crippen molar-refractivity contribution in [2.45, 2.75) is 6.42 Å². The van der Waals surface area contributed by atoms with E-state index in [1.54, 1.807) is 6.07 Å². The van der Waals surface area contributed by atoms with Crippen LogP contribution in [0, 0.1) is 5.82 Å². The van der Waals surface area contributed by atoms with E-state index in [1.165, 1.54) is 30.6 Å². The summed E-state index contributed by atoms with van der Waals surface area (Å²) in [6.45, 7) is 0. The number of thiophene rings is 1. The summed E-state index contributed by atoms with van der Waals surface area (Å²) < 4.78 is 18.3. The fourth-order valence-electron chi connectivity index (χ4n) is 1.60. The third-order valence-corrected chi connectivity index (χ3v) is 3.26. The minimum atomic E-state index is -0.510. The Hall–Kier alpha value is -1.68. The summed E-state index contributed by atoms with van der Waals surface area (Å²) in [5, 5.41) is 1.91. The number of halogens is 1. The Morgan fingerprint density at radius 3 is 2.82 bits per heavy atom. The monoisotopic (exact) mass is 250 g/mol. The zero-order chi connectivity index (χ0) is 12.3. The Morgan fingerprint density at radius 2 is 2.18 bits per heavy atom. The summed E-state index contributed by atoms with van der Waals surface area (Å²) in [7, 11) is 1.36. The van der Waals surface area contributed by atoms with Gasteiger partial charge in [-0.05, 0) is 23.6 Å². The van der Waals surface area contributed by atoms with Gasteiger partial charge in [-0.3, -0.25) is 4.79 Å². The third-order valence-electron chi connectivity index (χ3n) is 2.39. The number of Topliss-reactive ketones (excluding diaryl/α,β-unsaturated/α-hetero) is 1. The molecule has 0 bridgehead atoms. The summed E-state index contributed by atoms with van der Waals surface area (Å²) >= 11 is 1.51. The second kappa shape index (κ2) is 5.10. The van der Waals surface area contributed by atoms with E-state index in [-0.39, 0.29) is 18.0 Å². The maximum atomic E-state index is 13.4. The molecule has 2 aromatic rings. The van der Waals surface area contributed by atoms with E-state index in [2.05, 4.69) is 0 Å². The van der Waals surface area contributed by atoms with Crippen LogP contribution < -0.4 is 4.74 Å². The van der Waals surface area contributed by atoms with E-state index in [0.29, 0.717) is 5.56 Å². The molecule has 0 atom stereocenters. The van der Waals surface area contributed by atoms with Crippen molar-refractivity contribution in [3.05, 3.63) is 52.0 Å². The van der Waals surface area contributed by atoms with Crippen molar-refractivity contribution >= 4 is 17.1 Å². The van der Waals surface area contributed by atoms with E-state index in [1.807, 2.05) is 17.5 Å². The van der Waals surface area contributed by atoms with Crippen LogP contribution in [-0.2, 0) is 6.42 Å². The quantitative estimate of drug-likeness (QED) is 0.778. The molecule has 0 unspecified atom stereocenters. The molecule has 1 aromatic heterocycles. The van der Waals surface area contributed by atoms with Crippen molar-refractivity contribution < 1.29 is 13.9 Å². The molecule has 4 heteroatoms. The van der Waals surface area contributed by atoms with Gasteiger partial charge in [-0.1, -0.05) is 12.1 Å². The van der Waals surface area contributed by atoms with Gasteiger partial charge in [0.05, 0.1) is 12.7 Å². The summed E-state index contributed by atoms with van der Waals surface area (Å²) in [4.78, 5) is 13.0. The number of carbonyl (C=O) groups is 1. The summed E-state index contributed by atoms with van der Waals surface area (Å²) in [6.07, 6.45) is 0.275. The molecular weight excluding hydrogens is 239 g/mol. The molecule has 0 radical (unpaired) electrons. The van der Waals surface area contributed by atoms with E-state index in [9.17, 15) is 9.18 Å². The number of ether oxygens (including phenoxy) is 1. The summed E-state index contributed by atoms with van der Waals surface area (Å²) in [5.74, 6) is -0.623. The zero-order valence-corrected chi connectivity index (χ0v) is 10.1. The average Bonchev–Trinajstić information content (AvgIpc) is 2.81. The van der Waals surface area contributed by atoms with Crippen LogP contribution in [0.25, 0.3) is 0 Å². The highest BCUT2D eigenvalue weighted by molar-refractivity contribution is 7.10. The Morgan fingerprint density at radius 1 is 1.35 bits per heavy atom. The summed E-state index contributed by atoms with van der Waals surface area (Å²) in [6, 6.07) is 8.14. The average molecular weight is 250 g/mol. The first-order chi connectivity index (χ1) is 8.22. The lowest BCUT2D eigenvalue weighted by molar-refractivity contribution is 0.0990. The van der Waals surface area contributed by atoms with Crippen molar-refractivity contribution in [2.75, 3.05) is 7.11 Å². The molecule has 0 aliphatic rings. The van der Waals surface area contributed by atoms with Crippen LogP contribution in [0.1, 0.15) is 15.2 Å². The van der Waals surface area contributed by atoms with Crippen LogP contribution in [0.2, 0.25) is 0 Å².